The number of hydrogen-bond acceptors (Lipinski definition) is 1. The lowest BCUT2D eigenvalue weighted by Gasteiger charge is -2.20. The molecule has 1 heterocycles. The van der Waals surface area contributed by atoms with Gasteiger partial charge >= 0.3 is 0 Å². The lowest BCUT2D eigenvalue weighted by Crippen LogP contribution is -2.08. The predicted molar refractivity (Wildman–Crippen MR) is 166 cm³/mol. The zero-order valence-corrected chi connectivity index (χ0v) is 21.8. The molecule has 39 heavy (non-hydrogen) atoms. The Morgan fingerprint density at radius 3 is 1.56 bits per heavy atom. The van der Waals surface area contributed by atoms with Crippen LogP contribution < -0.4 is 4.90 Å². The molecule has 7 rings (SSSR count). The fourth-order valence-corrected chi connectivity index (χ4v) is 5.54. The minimum Gasteiger partial charge on any atom is -0.345 e. The van der Waals surface area contributed by atoms with Gasteiger partial charge in [-0.15, -0.1) is 0 Å². The van der Waals surface area contributed by atoms with E-state index in [9.17, 15) is 0 Å². The van der Waals surface area contributed by atoms with Gasteiger partial charge in [-0.3, -0.25) is 0 Å². The van der Waals surface area contributed by atoms with E-state index in [0.29, 0.717) is 0 Å². The van der Waals surface area contributed by atoms with Crippen LogP contribution in [0.25, 0.3) is 49.7 Å². The van der Waals surface area contributed by atoms with Crippen molar-refractivity contribution in [2.75, 3.05) is 11.9 Å². The van der Waals surface area contributed by atoms with Crippen molar-refractivity contribution in [2.45, 2.75) is 0 Å². The molecule has 2 nitrogen and oxygen atoms in total. The van der Waals surface area contributed by atoms with Gasteiger partial charge in [-0.05, 0) is 70.8 Å². The second-order valence-electron chi connectivity index (χ2n) is 9.94. The SMILES string of the molecule is CN(c1ccc(-c2ccccc2)cc1)c1ccc(-c2ccc3c4ccccc4n(-c4ccccc4)c3c2)cc1. The van der Waals surface area contributed by atoms with E-state index in [0.717, 1.165) is 11.4 Å². The first-order chi connectivity index (χ1) is 19.3. The van der Waals surface area contributed by atoms with Gasteiger partial charge in [0.15, 0.2) is 0 Å². The van der Waals surface area contributed by atoms with Crippen molar-refractivity contribution in [3.8, 4) is 27.9 Å². The van der Waals surface area contributed by atoms with Crippen LogP contribution in [-0.2, 0) is 0 Å². The quantitative estimate of drug-likeness (QED) is 0.228. The van der Waals surface area contributed by atoms with Crippen LogP contribution in [0.5, 0.6) is 0 Å². The lowest BCUT2D eigenvalue weighted by atomic mass is 10.0. The van der Waals surface area contributed by atoms with Crippen LogP contribution in [0.3, 0.4) is 0 Å². The highest BCUT2D eigenvalue weighted by Crippen LogP contribution is 2.35. The molecule has 2 heteroatoms. The van der Waals surface area contributed by atoms with Crippen molar-refractivity contribution in [1.82, 2.24) is 4.57 Å². The maximum Gasteiger partial charge on any atom is 0.0547 e. The maximum absolute atomic E-state index is 2.37. The maximum atomic E-state index is 2.37. The van der Waals surface area contributed by atoms with Gasteiger partial charge in [0, 0.05) is 34.9 Å². The van der Waals surface area contributed by atoms with Gasteiger partial charge in [-0.2, -0.15) is 0 Å². The third-order valence-corrected chi connectivity index (χ3v) is 7.64. The summed E-state index contributed by atoms with van der Waals surface area (Å²) in [5.41, 5.74) is 10.8. The molecule has 0 bridgehead atoms. The molecule has 0 aliphatic carbocycles. The summed E-state index contributed by atoms with van der Waals surface area (Å²) in [6.45, 7) is 0. The normalized spacial score (nSPS) is 11.2. The highest BCUT2D eigenvalue weighted by Gasteiger charge is 2.13. The van der Waals surface area contributed by atoms with Gasteiger partial charge in [0.25, 0.3) is 0 Å². The van der Waals surface area contributed by atoms with Gasteiger partial charge in [0.1, 0.15) is 0 Å². The van der Waals surface area contributed by atoms with Crippen LogP contribution in [0.4, 0.5) is 11.4 Å². The summed E-state index contributed by atoms with van der Waals surface area (Å²) in [6.07, 6.45) is 0. The second kappa shape index (κ2) is 9.66. The average Bonchev–Trinajstić information content (AvgIpc) is 3.35. The molecule has 0 spiro atoms. The standard InChI is InChI=1S/C37H28N2/c1-38(31-21-16-28(17-22-31)27-10-4-2-5-11-27)32-23-18-29(19-24-32)30-20-25-35-34-14-8-9-15-36(34)39(37(35)26-30)33-12-6-3-7-13-33/h2-26H,1H3. The van der Waals surface area contributed by atoms with Crippen LogP contribution >= 0.6 is 0 Å². The van der Waals surface area contributed by atoms with Crippen molar-refractivity contribution >= 4 is 33.2 Å². The highest BCUT2D eigenvalue weighted by molar-refractivity contribution is 6.10. The number of aromatic nitrogens is 1. The molecule has 0 atom stereocenters. The molecule has 0 saturated heterocycles. The van der Waals surface area contributed by atoms with Crippen LogP contribution in [0.2, 0.25) is 0 Å². The monoisotopic (exact) mass is 500 g/mol. The zero-order chi connectivity index (χ0) is 26.2. The number of para-hydroxylation sites is 2. The fourth-order valence-electron chi connectivity index (χ4n) is 5.54. The van der Waals surface area contributed by atoms with Crippen LogP contribution in [0.15, 0.2) is 152 Å². The molecule has 0 amide bonds. The minimum absolute atomic E-state index is 1.16. The van der Waals surface area contributed by atoms with E-state index >= 15 is 0 Å². The second-order valence-corrected chi connectivity index (χ2v) is 9.94. The molecule has 0 aliphatic heterocycles. The first-order valence-corrected chi connectivity index (χ1v) is 13.3. The van der Waals surface area contributed by atoms with Crippen molar-refractivity contribution in [3.05, 3.63) is 152 Å². The van der Waals surface area contributed by atoms with Gasteiger partial charge in [0.05, 0.1) is 11.0 Å². The molecular weight excluding hydrogens is 472 g/mol. The number of fused-ring (bicyclic) bond motifs is 3. The van der Waals surface area contributed by atoms with E-state index in [1.807, 2.05) is 0 Å². The lowest BCUT2D eigenvalue weighted by molar-refractivity contribution is 1.18. The van der Waals surface area contributed by atoms with Gasteiger partial charge in [-0.25, -0.2) is 0 Å². The zero-order valence-electron chi connectivity index (χ0n) is 21.8. The summed E-state index contributed by atoms with van der Waals surface area (Å²) >= 11 is 0. The van der Waals surface area contributed by atoms with E-state index in [2.05, 4.69) is 168 Å². The fraction of sp³-hybridized carbons (Fsp3) is 0.0270. The molecule has 1 aromatic heterocycles. The summed E-state index contributed by atoms with van der Waals surface area (Å²) in [5, 5.41) is 2.55. The molecule has 0 saturated carbocycles. The van der Waals surface area contributed by atoms with Crippen LogP contribution in [0.1, 0.15) is 0 Å². The highest BCUT2D eigenvalue weighted by atomic mass is 15.1. The van der Waals surface area contributed by atoms with E-state index < -0.39 is 0 Å². The van der Waals surface area contributed by atoms with Crippen molar-refractivity contribution in [3.63, 3.8) is 0 Å². The Bertz CT molecular complexity index is 1880. The molecule has 0 aliphatic rings. The van der Waals surface area contributed by atoms with Gasteiger partial charge in [0.2, 0.25) is 0 Å². The Labute approximate surface area is 229 Å². The molecule has 186 valence electrons. The molecule has 0 fully saturated rings. The van der Waals surface area contributed by atoms with Gasteiger partial charge < -0.3 is 9.47 Å². The molecule has 6 aromatic carbocycles. The van der Waals surface area contributed by atoms with Crippen molar-refractivity contribution in [2.24, 2.45) is 0 Å². The number of nitrogens with zero attached hydrogens (tertiary/aromatic N) is 2. The van der Waals surface area contributed by atoms with E-state index in [-0.39, 0.29) is 0 Å². The van der Waals surface area contributed by atoms with Crippen LogP contribution in [0, 0.1) is 0 Å². The Morgan fingerprint density at radius 1 is 0.410 bits per heavy atom. The summed E-state index contributed by atoms with van der Waals surface area (Å²) in [5.74, 6) is 0. The minimum atomic E-state index is 1.16. The molecular formula is C37H28N2. The van der Waals surface area contributed by atoms with E-state index in [1.54, 1.807) is 0 Å². The third-order valence-electron chi connectivity index (χ3n) is 7.64. The van der Waals surface area contributed by atoms with Crippen molar-refractivity contribution < 1.29 is 0 Å². The summed E-state index contributed by atoms with van der Waals surface area (Å²) in [6, 6.07) is 54.2. The number of hydrogen-bond donors (Lipinski definition) is 0. The first-order valence-electron chi connectivity index (χ1n) is 13.3. The van der Waals surface area contributed by atoms with E-state index in [4.69, 9.17) is 0 Å². The first kappa shape index (κ1) is 23.1. The number of anilines is 2. The molecule has 0 N–H and O–H groups in total. The Balaban J connectivity index is 1.22. The molecule has 0 radical (unpaired) electrons. The van der Waals surface area contributed by atoms with Crippen LogP contribution in [-0.4, -0.2) is 11.6 Å². The number of rotatable bonds is 5. The van der Waals surface area contributed by atoms with Crippen molar-refractivity contribution in [1.29, 1.82) is 0 Å². The van der Waals surface area contributed by atoms with E-state index in [1.165, 1.54) is 49.7 Å². The third kappa shape index (κ3) is 4.17. The smallest absolute Gasteiger partial charge is 0.0547 e. The average molecular weight is 501 g/mol. The Hall–Kier alpha value is -5.08. The summed E-state index contributed by atoms with van der Waals surface area (Å²) in [7, 11) is 2.12. The largest absolute Gasteiger partial charge is 0.345 e. The predicted octanol–water partition coefficient (Wildman–Crippen LogP) is 9.89. The summed E-state index contributed by atoms with van der Waals surface area (Å²) in [4.78, 5) is 2.23. The van der Waals surface area contributed by atoms with Gasteiger partial charge in [-0.1, -0.05) is 103 Å². The Morgan fingerprint density at radius 2 is 0.897 bits per heavy atom. The summed E-state index contributed by atoms with van der Waals surface area (Å²) < 4.78 is 2.37. The number of benzene rings is 6. The topological polar surface area (TPSA) is 8.17 Å². The molecule has 0 unspecified atom stereocenters. The Kier molecular flexibility index (Phi) is 5.71. The molecule has 7 aromatic rings.